The molecule has 0 radical (unpaired) electrons. The zero-order valence-corrected chi connectivity index (χ0v) is 9.12. The van der Waals surface area contributed by atoms with Gasteiger partial charge in [0.1, 0.15) is 5.54 Å². The van der Waals surface area contributed by atoms with E-state index in [0.29, 0.717) is 6.42 Å². The molecule has 0 saturated heterocycles. The fourth-order valence-electron chi connectivity index (χ4n) is 1.50. The lowest BCUT2D eigenvalue weighted by Gasteiger charge is -2.25. The predicted molar refractivity (Wildman–Crippen MR) is 56.3 cm³/mol. The SMILES string of the molecule is CC(C)(NC(=O)C1CC=CCC1)C(=O)O. The Hall–Kier alpha value is -1.32. The number of carboxylic acid groups (broad SMARTS) is 1. The van der Waals surface area contributed by atoms with Crippen LogP contribution in [0.5, 0.6) is 0 Å². The fraction of sp³-hybridized carbons (Fsp3) is 0.636. The van der Waals surface area contributed by atoms with Crippen LogP contribution < -0.4 is 5.32 Å². The van der Waals surface area contributed by atoms with Crippen molar-refractivity contribution in [3.8, 4) is 0 Å². The first-order valence-electron chi connectivity index (χ1n) is 5.14. The maximum atomic E-state index is 11.7. The van der Waals surface area contributed by atoms with E-state index in [9.17, 15) is 9.59 Å². The number of carbonyl (C=O) groups excluding carboxylic acids is 1. The summed E-state index contributed by atoms with van der Waals surface area (Å²) in [6.07, 6.45) is 6.43. The maximum absolute atomic E-state index is 11.7. The molecule has 4 heteroatoms. The highest BCUT2D eigenvalue weighted by atomic mass is 16.4. The molecule has 0 heterocycles. The molecule has 4 nitrogen and oxygen atoms in total. The van der Waals surface area contributed by atoms with E-state index in [1.165, 1.54) is 13.8 Å². The van der Waals surface area contributed by atoms with Gasteiger partial charge in [0.15, 0.2) is 0 Å². The lowest BCUT2D eigenvalue weighted by atomic mass is 9.92. The van der Waals surface area contributed by atoms with Crippen molar-refractivity contribution in [2.24, 2.45) is 5.92 Å². The third-order valence-electron chi connectivity index (χ3n) is 2.61. The van der Waals surface area contributed by atoms with E-state index < -0.39 is 11.5 Å². The number of nitrogens with one attached hydrogen (secondary N) is 1. The monoisotopic (exact) mass is 211 g/mol. The molecule has 1 rings (SSSR count). The highest BCUT2D eigenvalue weighted by Gasteiger charge is 2.31. The Bertz CT molecular complexity index is 294. The number of rotatable bonds is 3. The smallest absolute Gasteiger partial charge is 0.328 e. The van der Waals surface area contributed by atoms with Crippen LogP contribution in [0.4, 0.5) is 0 Å². The Labute approximate surface area is 89.4 Å². The molecule has 1 unspecified atom stereocenters. The van der Waals surface area contributed by atoms with Crippen molar-refractivity contribution < 1.29 is 14.7 Å². The number of hydrogen-bond acceptors (Lipinski definition) is 2. The van der Waals surface area contributed by atoms with Gasteiger partial charge in [0, 0.05) is 5.92 Å². The standard InChI is InChI=1S/C11H17NO3/c1-11(2,10(14)15)12-9(13)8-6-4-3-5-7-8/h3-4,8H,5-7H2,1-2H3,(H,12,13)(H,14,15). The first-order chi connectivity index (χ1) is 6.93. The van der Waals surface area contributed by atoms with Crippen molar-refractivity contribution in [2.45, 2.75) is 38.6 Å². The Morgan fingerprint density at radius 3 is 2.53 bits per heavy atom. The molecule has 1 aliphatic rings. The van der Waals surface area contributed by atoms with Crippen molar-refractivity contribution in [3.05, 3.63) is 12.2 Å². The molecular weight excluding hydrogens is 194 g/mol. The van der Waals surface area contributed by atoms with Crippen molar-refractivity contribution in [1.82, 2.24) is 5.32 Å². The van der Waals surface area contributed by atoms with E-state index >= 15 is 0 Å². The van der Waals surface area contributed by atoms with Gasteiger partial charge < -0.3 is 10.4 Å². The summed E-state index contributed by atoms with van der Waals surface area (Å²) < 4.78 is 0. The molecule has 0 spiro atoms. The van der Waals surface area contributed by atoms with Gasteiger partial charge >= 0.3 is 5.97 Å². The number of hydrogen-bond donors (Lipinski definition) is 2. The van der Waals surface area contributed by atoms with Crippen LogP contribution >= 0.6 is 0 Å². The second-order valence-corrected chi connectivity index (χ2v) is 4.40. The van der Waals surface area contributed by atoms with Crippen molar-refractivity contribution in [3.63, 3.8) is 0 Å². The van der Waals surface area contributed by atoms with E-state index in [1.54, 1.807) is 0 Å². The summed E-state index contributed by atoms with van der Waals surface area (Å²) in [6.45, 7) is 2.98. The molecule has 0 aliphatic heterocycles. The van der Waals surface area contributed by atoms with Crippen LogP contribution in [0.15, 0.2) is 12.2 Å². The second-order valence-electron chi connectivity index (χ2n) is 4.40. The number of carbonyl (C=O) groups is 2. The Morgan fingerprint density at radius 1 is 1.40 bits per heavy atom. The van der Waals surface area contributed by atoms with Gasteiger partial charge in [-0.25, -0.2) is 4.79 Å². The molecule has 0 aromatic carbocycles. The van der Waals surface area contributed by atoms with E-state index in [4.69, 9.17) is 5.11 Å². The van der Waals surface area contributed by atoms with E-state index in [0.717, 1.165) is 12.8 Å². The van der Waals surface area contributed by atoms with Crippen LogP contribution in [0.25, 0.3) is 0 Å². The minimum atomic E-state index is -1.18. The zero-order valence-electron chi connectivity index (χ0n) is 9.12. The van der Waals surface area contributed by atoms with Crippen LogP contribution in [0, 0.1) is 5.92 Å². The Balaban J connectivity index is 2.55. The molecule has 15 heavy (non-hydrogen) atoms. The largest absolute Gasteiger partial charge is 0.480 e. The minimum absolute atomic E-state index is 0.0753. The summed E-state index contributed by atoms with van der Waals surface area (Å²) in [5, 5.41) is 11.4. The van der Waals surface area contributed by atoms with Gasteiger partial charge in [-0.3, -0.25) is 4.79 Å². The second kappa shape index (κ2) is 4.47. The molecule has 1 aliphatic carbocycles. The Kier molecular flexibility index (Phi) is 3.50. The number of allylic oxidation sites excluding steroid dienone is 2. The normalized spacial score (nSPS) is 21.1. The molecule has 84 valence electrons. The van der Waals surface area contributed by atoms with Gasteiger partial charge in [0.05, 0.1) is 0 Å². The minimum Gasteiger partial charge on any atom is -0.480 e. The van der Waals surface area contributed by atoms with Crippen LogP contribution in [0.1, 0.15) is 33.1 Å². The lowest BCUT2D eigenvalue weighted by molar-refractivity contribution is -0.146. The molecule has 1 amide bonds. The molecule has 2 N–H and O–H groups in total. The topological polar surface area (TPSA) is 66.4 Å². The molecule has 0 saturated carbocycles. The molecular formula is C11H17NO3. The highest BCUT2D eigenvalue weighted by molar-refractivity contribution is 5.87. The summed E-state index contributed by atoms with van der Waals surface area (Å²) in [6, 6.07) is 0. The summed E-state index contributed by atoms with van der Waals surface area (Å²) in [4.78, 5) is 22.5. The van der Waals surface area contributed by atoms with Gasteiger partial charge in [-0.1, -0.05) is 12.2 Å². The third kappa shape index (κ3) is 3.08. The molecule has 0 bridgehead atoms. The first kappa shape index (κ1) is 11.8. The summed E-state index contributed by atoms with van der Waals surface area (Å²) >= 11 is 0. The predicted octanol–water partition coefficient (Wildman–Crippen LogP) is 1.32. The van der Waals surface area contributed by atoms with E-state index in [1.807, 2.05) is 12.2 Å². The molecule has 1 atom stereocenters. The number of amides is 1. The number of carboxylic acids is 1. The van der Waals surface area contributed by atoms with Gasteiger partial charge in [0.2, 0.25) is 5.91 Å². The van der Waals surface area contributed by atoms with Gasteiger partial charge in [-0.2, -0.15) is 0 Å². The van der Waals surface area contributed by atoms with Gasteiger partial charge in [0.25, 0.3) is 0 Å². The average molecular weight is 211 g/mol. The zero-order chi connectivity index (χ0) is 11.5. The Morgan fingerprint density at radius 2 is 2.07 bits per heavy atom. The van der Waals surface area contributed by atoms with Crippen LogP contribution in [-0.2, 0) is 9.59 Å². The molecule has 0 aromatic rings. The van der Waals surface area contributed by atoms with Gasteiger partial charge in [-0.15, -0.1) is 0 Å². The van der Waals surface area contributed by atoms with Crippen molar-refractivity contribution >= 4 is 11.9 Å². The van der Waals surface area contributed by atoms with Crippen LogP contribution in [-0.4, -0.2) is 22.5 Å². The van der Waals surface area contributed by atoms with Crippen LogP contribution in [0.3, 0.4) is 0 Å². The summed E-state index contributed by atoms with van der Waals surface area (Å²) in [7, 11) is 0. The van der Waals surface area contributed by atoms with E-state index in [2.05, 4.69) is 5.32 Å². The number of aliphatic carboxylic acids is 1. The molecule has 0 aromatic heterocycles. The lowest BCUT2D eigenvalue weighted by Crippen LogP contribution is -2.51. The first-order valence-corrected chi connectivity index (χ1v) is 5.14. The maximum Gasteiger partial charge on any atom is 0.328 e. The summed E-state index contributed by atoms with van der Waals surface area (Å²) in [5.41, 5.74) is -1.18. The molecule has 0 fully saturated rings. The van der Waals surface area contributed by atoms with Crippen molar-refractivity contribution in [1.29, 1.82) is 0 Å². The van der Waals surface area contributed by atoms with Crippen LogP contribution in [0.2, 0.25) is 0 Å². The quantitative estimate of drug-likeness (QED) is 0.692. The fourth-order valence-corrected chi connectivity index (χ4v) is 1.50. The van der Waals surface area contributed by atoms with E-state index in [-0.39, 0.29) is 11.8 Å². The highest BCUT2D eigenvalue weighted by Crippen LogP contribution is 2.19. The third-order valence-corrected chi connectivity index (χ3v) is 2.61. The summed E-state index contributed by atoms with van der Waals surface area (Å²) in [5.74, 6) is -1.25. The van der Waals surface area contributed by atoms with Crippen molar-refractivity contribution in [2.75, 3.05) is 0 Å². The van der Waals surface area contributed by atoms with Gasteiger partial charge in [-0.05, 0) is 33.1 Å². The average Bonchev–Trinajstić information content (AvgIpc) is 2.18.